The van der Waals surface area contributed by atoms with Gasteiger partial charge in [0.15, 0.2) is 0 Å². The number of methoxy groups -OCH3 is 1. The molecule has 1 fully saturated rings. The Balaban J connectivity index is 2.03. The van der Waals surface area contributed by atoms with Gasteiger partial charge in [0.05, 0.1) is 13.2 Å². The molecule has 4 heteroatoms. The van der Waals surface area contributed by atoms with Gasteiger partial charge in [0, 0.05) is 24.2 Å². The largest absolute Gasteiger partial charge is 0.497 e. The summed E-state index contributed by atoms with van der Waals surface area (Å²) in [5.74, 6) is 0.276. The molecule has 0 unspecified atom stereocenters. The lowest BCUT2D eigenvalue weighted by Crippen LogP contribution is -2.43. The number of likely N-dealkylation sites (N-methyl/N-ethyl adjacent to an activating group) is 1. The first-order valence-electron chi connectivity index (χ1n) is 6.82. The SMILES string of the molecule is COc1ccc(CN(C)[C@@H]2CCCC[C@@H]2O)c(F)c1. The van der Waals surface area contributed by atoms with Crippen LogP contribution in [-0.2, 0) is 6.54 Å². The summed E-state index contributed by atoms with van der Waals surface area (Å²) in [6, 6.07) is 5.06. The molecule has 2 atom stereocenters. The molecule has 2 rings (SSSR count). The Morgan fingerprint density at radius 1 is 1.37 bits per heavy atom. The monoisotopic (exact) mass is 267 g/mol. The van der Waals surface area contributed by atoms with Gasteiger partial charge in [0.2, 0.25) is 0 Å². The zero-order chi connectivity index (χ0) is 13.8. The highest BCUT2D eigenvalue weighted by molar-refractivity contribution is 5.28. The van der Waals surface area contributed by atoms with Gasteiger partial charge in [-0.1, -0.05) is 18.9 Å². The third-order valence-corrected chi connectivity index (χ3v) is 3.94. The van der Waals surface area contributed by atoms with Crippen molar-refractivity contribution >= 4 is 0 Å². The van der Waals surface area contributed by atoms with Gasteiger partial charge in [-0.2, -0.15) is 0 Å². The highest BCUT2D eigenvalue weighted by Crippen LogP contribution is 2.25. The number of halogens is 1. The van der Waals surface area contributed by atoms with Crippen LogP contribution < -0.4 is 4.74 Å². The maximum Gasteiger partial charge on any atom is 0.131 e. The summed E-state index contributed by atoms with van der Waals surface area (Å²) in [6.45, 7) is 0.511. The summed E-state index contributed by atoms with van der Waals surface area (Å²) in [4.78, 5) is 2.05. The van der Waals surface area contributed by atoms with Crippen molar-refractivity contribution in [3.8, 4) is 5.75 Å². The fourth-order valence-corrected chi connectivity index (χ4v) is 2.78. The first kappa shape index (κ1) is 14.3. The molecule has 106 valence electrons. The van der Waals surface area contributed by atoms with Crippen molar-refractivity contribution in [1.29, 1.82) is 0 Å². The average molecular weight is 267 g/mol. The van der Waals surface area contributed by atoms with Gasteiger partial charge in [-0.25, -0.2) is 4.39 Å². The second-order valence-corrected chi connectivity index (χ2v) is 5.29. The first-order valence-corrected chi connectivity index (χ1v) is 6.82. The molecule has 19 heavy (non-hydrogen) atoms. The minimum atomic E-state index is -0.292. The van der Waals surface area contributed by atoms with E-state index in [4.69, 9.17) is 4.74 Å². The Hall–Kier alpha value is -1.13. The molecular formula is C15H22FNO2. The average Bonchev–Trinajstić information content (AvgIpc) is 2.41. The molecule has 0 bridgehead atoms. The number of aliphatic hydroxyl groups is 1. The van der Waals surface area contributed by atoms with E-state index >= 15 is 0 Å². The van der Waals surface area contributed by atoms with Crippen LogP contribution in [-0.4, -0.2) is 36.3 Å². The maximum atomic E-state index is 13.9. The second kappa shape index (κ2) is 6.35. The van der Waals surface area contributed by atoms with Crippen LogP contribution in [0.4, 0.5) is 4.39 Å². The maximum absolute atomic E-state index is 13.9. The number of benzene rings is 1. The van der Waals surface area contributed by atoms with Crippen LogP contribution in [0.5, 0.6) is 5.75 Å². The van der Waals surface area contributed by atoms with E-state index in [2.05, 4.69) is 4.90 Å². The molecule has 0 saturated heterocycles. The molecular weight excluding hydrogens is 245 g/mol. The number of aliphatic hydroxyl groups excluding tert-OH is 1. The third kappa shape index (κ3) is 3.45. The van der Waals surface area contributed by atoms with Crippen LogP contribution in [0.15, 0.2) is 18.2 Å². The van der Waals surface area contributed by atoms with Crippen LogP contribution in [0.1, 0.15) is 31.2 Å². The molecule has 1 aliphatic carbocycles. The third-order valence-electron chi connectivity index (χ3n) is 3.94. The molecule has 0 radical (unpaired) electrons. The van der Waals surface area contributed by atoms with Gasteiger partial charge >= 0.3 is 0 Å². The number of rotatable bonds is 4. The molecule has 1 aromatic carbocycles. The van der Waals surface area contributed by atoms with Crippen molar-refractivity contribution in [2.45, 2.75) is 44.4 Å². The topological polar surface area (TPSA) is 32.7 Å². The molecule has 0 heterocycles. The van der Waals surface area contributed by atoms with E-state index in [0.29, 0.717) is 17.9 Å². The van der Waals surface area contributed by atoms with Crippen LogP contribution in [0.2, 0.25) is 0 Å². The summed E-state index contributed by atoms with van der Waals surface area (Å²) in [5, 5.41) is 10.0. The van der Waals surface area contributed by atoms with Crippen molar-refractivity contribution in [3.05, 3.63) is 29.6 Å². The van der Waals surface area contributed by atoms with Gasteiger partial charge in [-0.05, 0) is 26.0 Å². The van der Waals surface area contributed by atoms with E-state index in [1.165, 1.54) is 13.2 Å². The molecule has 0 amide bonds. The van der Waals surface area contributed by atoms with Gasteiger partial charge in [0.1, 0.15) is 11.6 Å². The van der Waals surface area contributed by atoms with E-state index in [1.54, 1.807) is 12.1 Å². The van der Waals surface area contributed by atoms with Crippen LogP contribution in [0, 0.1) is 5.82 Å². The van der Waals surface area contributed by atoms with Crippen molar-refractivity contribution in [3.63, 3.8) is 0 Å². The van der Waals surface area contributed by atoms with E-state index in [0.717, 1.165) is 25.7 Å². The van der Waals surface area contributed by atoms with E-state index in [-0.39, 0.29) is 18.0 Å². The first-order chi connectivity index (χ1) is 9.11. The zero-order valence-electron chi connectivity index (χ0n) is 11.6. The Bertz CT molecular complexity index is 425. The number of hydrogen-bond donors (Lipinski definition) is 1. The molecule has 1 N–H and O–H groups in total. The van der Waals surface area contributed by atoms with Crippen molar-refractivity contribution in [2.24, 2.45) is 0 Å². The normalized spacial score (nSPS) is 23.6. The Morgan fingerprint density at radius 3 is 2.74 bits per heavy atom. The quantitative estimate of drug-likeness (QED) is 0.910. The van der Waals surface area contributed by atoms with Gasteiger partial charge in [-0.3, -0.25) is 4.90 Å². The lowest BCUT2D eigenvalue weighted by molar-refractivity contribution is 0.0284. The summed E-state index contributed by atoms with van der Waals surface area (Å²) >= 11 is 0. The number of ether oxygens (including phenoxy) is 1. The second-order valence-electron chi connectivity index (χ2n) is 5.29. The molecule has 0 aromatic heterocycles. The molecule has 1 saturated carbocycles. The van der Waals surface area contributed by atoms with E-state index in [9.17, 15) is 9.50 Å². The predicted molar refractivity (Wildman–Crippen MR) is 72.7 cm³/mol. The fourth-order valence-electron chi connectivity index (χ4n) is 2.78. The van der Waals surface area contributed by atoms with Gasteiger partial charge in [-0.15, -0.1) is 0 Å². The standard InChI is InChI=1S/C15H22FNO2/c1-17(14-5-3-4-6-15(14)18)10-11-7-8-12(19-2)9-13(11)16/h7-9,14-15,18H,3-6,10H2,1-2H3/t14-,15+/m1/s1. The van der Waals surface area contributed by atoms with Crippen molar-refractivity contribution in [1.82, 2.24) is 4.90 Å². The van der Waals surface area contributed by atoms with Crippen LogP contribution >= 0.6 is 0 Å². The molecule has 1 aromatic rings. The lowest BCUT2D eigenvalue weighted by atomic mass is 9.91. The molecule has 1 aliphatic rings. The summed E-state index contributed by atoms with van der Waals surface area (Å²) in [7, 11) is 3.47. The van der Waals surface area contributed by atoms with Crippen LogP contribution in [0.3, 0.4) is 0 Å². The number of hydrogen-bond acceptors (Lipinski definition) is 3. The Kier molecular flexibility index (Phi) is 4.77. The minimum absolute atomic E-state index is 0.134. The molecule has 0 spiro atoms. The highest BCUT2D eigenvalue weighted by atomic mass is 19.1. The summed E-state index contributed by atoms with van der Waals surface area (Å²) in [6.07, 6.45) is 3.76. The smallest absolute Gasteiger partial charge is 0.131 e. The summed E-state index contributed by atoms with van der Waals surface area (Å²) in [5.41, 5.74) is 0.640. The summed E-state index contributed by atoms with van der Waals surface area (Å²) < 4.78 is 18.9. The Labute approximate surface area is 114 Å². The highest BCUT2D eigenvalue weighted by Gasteiger charge is 2.26. The molecule has 0 aliphatic heterocycles. The lowest BCUT2D eigenvalue weighted by Gasteiger charge is -2.35. The van der Waals surface area contributed by atoms with Crippen LogP contribution in [0.25, 0.3) is 0 Å². The number of nitrogens with zero attached hydrogens (tertiary/aromatic N) is 1. The molecule has 3 nitrogen and oxygen atoms in total. The van der Waals surface area contributed by atoms with E-state index < -0.39 is 0 Å². The minimum Gasteiger partial charge on any atom is -0.497 e. The van der Waals surface area contributed by atoms with Gasteiger partial charge < -0.3 is 9.84 Å². The van der Waals surface area contributed by atoms with Crippen molar-refractivity contribution in [2.75, 3.05) is 14.2 Å². The van der Waals surface area contributed by atoms with E-state index in [1.807, 2.05) is 7.05 Å². The predicted octanol–water partition coefficient (Wildman–Crippen LogP) is 2.57. The van der Waals surface area contributed by atoms with Gasteiger partial charge in [0.25, 0.3) is 0 Å². The van der Waals surface area contributed by atoms with Crippen molar-refractivity contribution < 1.29 is 14.2 Å². The fraction of sp³-hybridized carbons (Fsp3) is 0.600. The Morgan fingerprint density at radius 2 is 2.11 bits per heavy atom. The zero-order valence-corrected chi connectivity index (χ0v) is 11.6.